The predicted octanol–water partition coefficient (Wildman–Crippen LogP) is 2.90. The number of benzene rings is 1. The maximum absolute atomic E-state index is 5.88. The number of hydrogen-bond acceptors (Lipinski definition) is 3. The molecule has 0 spiro atoms. The molecule has 1 heterocycles. The number of hydrogen-bond donors (Lipinski definition) is 1. The summed E-state index contributed by atoms with van der Waals surface area (Å²) in [7, 11) is 0. The van der Waals surface area contributed by atoms with Gasteiger partial charge in [0.05, 0.1) is 6.20 Å². The van der Waals surface area contributed by atoms with Crippen LogP contribution in [-0.4, -0.2) is 17.6 Å². The Labute approximate surface area is 114 Å². The molecule has 1 unspecified atom stereocenters. The molecule has 1 N–H and O–H groups in total. The van der Waals surface area contributed by atoms with Crippen LogP contribution < -0.4 is 5.32 Å². The van der Waals surface area contributed by atoms with E-state index >= 15 is 0 Å². The van der Waals surface area contributed by atoms with Crippen LogP contribution in [0.5, 0.6) is 0 Å². The third-order valence-corrected chi connectivity index (χ3v) is 3.66. The number of nitrogens with zero attached hydrogens (tertiary/aromatic N) is 1. The Hall–Kier alpha value is -1.61. The quantitative estimate of drug-likeness (QED) is 0.894. The van der Waals surface area contributed by atoms with Crippen LogP contribution in [0.3, 0.4) is 0 Å². The number of fused-ring (bicyclic) bond motifs is 1. The molecule has 1 aliphatic carbocycles. The van der Waals surface area contributed by atoms with Crippen LogP contribution in [0, 0.1) is 0 Å². The molecule has 0 amide bonds. The van der Waals surface area contributed by atoms with Crippen molar-refractivity contribution < 1.29 is 4.42 Å². The molecule has 2 aromatic rings. The molecule has 0 bridgehead atoms. The molecule has 0 fully saturated rings. The third-order valence-electron chi connectivity index (χ3n) is 3.66. The second-order valence-electron chi connectivity index (χ2n) is 5.47. The molecule has 1 aromatic heterocycles. The topological polar surface area (TPSA) is 38.1 Å². The minimum atomic E-state index is 0.413. The van der Waals surface area contributed by atoms with Gasteiger partial charge in [-0.1, -0.05) is 38.1 Å². The largest absolute Gasteiger partial charge is 0.445 e. The van der Waals surface area contributed by atoms with Crippen molar-refractivity contribution in [3.8, 4) is 0 Å². The van der Waals surface area contributed by atoms with E-state index in [9.17, 15) is 0 Å². The summed E-state index contributed by atoms with van der Waals surface area (Å²) in [6, 6.07) is 9.07. The Kier molecular flexibility index (Phi) is 3.38. The normalized spacial score (nSPS) is 17.3. The van der Waals surface area contributed by atoms with Crippen molar-refractivity contribution in [3.05, 3.63) is 53.2 Å². The van der Waals surface area contributed by atoms with Gasteiger partial charge in [-0.25, -0.2) is 4.98 Å². The third kappa shape index (κ3) is 2.56. The minimum absolute atomic E-state index is 0.413. The molecule has 1 atom stereocenters. The highest BCUT2D eigenvalue weighted by Gasteiger charge is 2.29. The maximum Gasteiger partial charge on any atom is 0.195 e. The van der Waals surface area contributed by atoms with Crippen molar-refractivity contribution in [1.29, 1.82) is 0 Å². The fraction of sp³-hybridized carbons (Fsp3) is 0.438. The van der Waals surface area contributed by atoms with Crippen molar-refractivity contribution in [2.75, 3.05) is 6.54 Å². The molecule has 0 saturated carbocycles. The summed E-state index contributed by atoms with van der Waals surface area (Å²) < 4.78 is 5.88. The lowest BCUT2D eigenvalue weighted by Gasteiger charge is -2.27. The van der Waals surface area contributed by atoms with E-state index < -0.39 is 0 Å². The molecule has 19 heavy (non-hydrogen) atoms. The lowest BCUT2D eigenvalue weighted by atomic mass is 9.76. The van der Waals surface area contributed by atoms with E-state index in [2.05, 4.69) is 48.4 Å². The highest BCUT2D eigenvalue weighted by Crippen LogP contribution is 2.39. The first-order valence-electron chi connectivity index (χ1n) is 7.00. The van der Waals surface area contributed by atoms with Gasteiger partial charge in [-0.15, -0.1) is 0 Å². The summed E-state index contributed by atoms with van der Waals surface area (Å²) in [6.45, 7) is 5.21. The van der Waals surface area contributed by atoms with Crippen LogP contribution >= 0.6 is 0 Å². The molecular formula is C16H20N2O. The van der Waals surface area contributed by atoms with Gasteiger partial charge in [0.25, 0.3) is 0 Å². The van der Waals surface area contributed by atoms with Crippen LogP contribution in [0.4, 0.5) is 0 Å². The maximum atomic E-state index is 5.88. The van der Waals surface area contributed by atoms with Crippen molar-refractivity contribution in [3.63, 3.8) is 0 Å². The Morgan fingerprint density at radius 3 is 3.00 bits per heavy atom. The number of oxazole rings is 1. The average molecular weight is 256 g/mol. The molecule has 3 heteroatoms. The fourth-order valence-corrected chi connectivity index (χ4v) is 2.58. The van der Waals surface area contributed by atoms with E-state index in [0.29, 0.717) is 12.0 Å². The zero-order valence-electron chi connectivity index (χ0n) is 11.5. The van der Waals surface area contributed by atoms with Gasteiger partial charge in [0.15, 0.2) is 5.89 Å². The summed E-state index contributed by atoms with van der Waals surface area (Å²) in [5, 5.41) is 3.38. The van der Waals surface area contributed by atoms with Gasteiger partial charge >= 0.3 is 0 Å². The van der Waals surface area contributed by atoms with E-state index in [1.54, 1.807) is 0 Å². The Bertz CT molecular complexity index is 559. The first-order valence-corrected chi connectivity index (χ1v) is 7.00. The second-order valence-corrected chi connectivity index (χ2v) is 5.47. The van der Waals surface area contributed by atoms with Crippen LogP contribution in [0.25, 0.3) is 0 Å². The number of rotatable bonds is 5. The molecular weight excluding hydrogens is 236 g/mol. The summed E-state index contributed by atoms with van der Waals surface area (Å²) in [5.74, 6) is 2.27. The summed E-state index contributed by atoms with van der Waals surface area (Å²) in [4.78, 5) is 4.38. The van der Waals surface area contributed by atoms with Crippen molar-refractivity contribution in [1.82, 2.24) is 10.3 Å². The zero-order chi connectivity index (χ0) is 13.2. The smallest absolute Gasteiger partial charge is 0.195 e. The van der Waals surface area contributed by atoms with Gasteiger partial charge in [-0.3, -0.25) is 0 Å². The molecule has 0 aliphatic heterocycles. The Morgan fingerprint density at radius 2 is 2.21 bits per heavy atom. The Balaban J connectivity index is 1.63. The highest BCUT2D eigenvalue weighted by molar-refractivity contribution is 5.44. The minimum Gasteiger partial charge on any atom is -0.445 e. The monoisotopic (exact) mass is 256 g/mol. The van der Waals surface area contributed by atoms with Gasteiger partial charge in [-0.05, 0) is 17.5 Å². The highest BCUT2D eigenvalue weighted by atomic mass is 16.4. The van der Waals surface area contributed by atoms with E-state index in [4.69, 9.17) is 4.42 Å². The van der Waals surface area contributed by atoms with Crippen LogP contribution in [0.15, 0.2) is 34.9 Å². The Morgan fingerprint density at radius 1 is 1.37 bits per heavy atom. The van der Waals surface area contributed by atoms with Gasteiger partial charge in [0.2, 0.25) is 0 Å². The van der Waals surface area contributed by atoms with E-state index in [-0.39, 0.29) is 0 Å². The summed E-state index contributed by atoms with van der Waals surface area (Å²) in [5.41, 5.74) is 2.83. The van der Waals surface area contributed by atoms with Crippen molar-refractivity contribution in [2.45, 2.75) is 38.6 Å². The predicted molar refractivity (Wildman–Crippen MR) is 75.3 cm³/mol. The van der Waals surface area contributed by atoms with Crippen molar-refractivity contribution in [2.24, 2.45) is 0 Å². The van der Waals surface area contributed by atoms with Crippen molar-refractivity contribution >= 4 is 0 Å². The van der Waals surface area contributed by atoms with Crippen LogP contribution in [0.1, 0.15) is 42.5 Å². The first kappa shape index (κ1) is 12.4. The van der Waals surface area contributed by atoms with Gasteiger partial charge in [-0.2, -0.15) is 0 Å². The second kappa shape index (κ2) is 5.17. The molecule has 1 aliphatic rings. The molecule has 0 radical (unpaired) electrons. The van der Waals surface area contributed by atoms with Gasteiger partial charge in [0, 0.05) is 24.9 Å². The van der Waals surface area contributed by atoms with E-state index in [1.807, 2.05) is 6.20 Å². The van der Waals surface area contributed by atoms with Crippen LogP contribution in [-0.2, 0) is 12.8 Å². The summed E-state index contributed by atoms with van der Waals surface area (Å²) in [6.07, 6.45) is 3.83. The molecule has 3 nitrogen and oxygen atoms in total. The fourth-order valence-electron chi connectivity index (χ4n) is 2.58. The molecule has 0 saturated heterocycles. The number of aromatic nitrogens is 1. The lowest BCUT2D eigenvalue weighted by Crippen LogP contribution is -2.25. The van der Waals surface area contributed by atoms with E-state index in [1.165, 1.54) is 11.1 Å². The lowest BCUT2D eigenvalue weighted by molar-refractivity contribution is 0.419. The van der Waals surface area contributed by atoms with E-state index in [0.717, 1.165) is 31.0 Å². The molecule has 1 aromatic carbocycles. The average Bonchev–Trinajstić information content (AvgIpc) is 2.79. The molecule has 3 rings (SSSR count). The van der Waals surface area contributed by atoms with Gasteiger partial charge in [0.1, 0.15) is 5.76 Å². The number of nitrogens with one attached hydrogen (secondary N) is 1. The summed E-state index contributed by atoms with van der Waals surface area (Å²) >= 11 is 0. The first-order chi connectivity index (χ1) is 9.24. The van der Waals surface area contributed by atoms with Gasteiger partial charge < -0.3 is 9.73 Å². The SMILES string of the molecule is CC(C)NCCc1ncc(C2Cc3ccccc32)o1. The van der Waals surface area contributed by atoms with Crippen LogP contribution in [0.2, 0.25) is 0 Å². The standard InChI is InChI=1S/C16H20N2O/c1-11(2)17-8-7-16-18-10-15(19-16)14-9-12-5-3-4-6-13(12)14/h3-6,10-11,14,17H,7-9H2,1-2H3. The molecule has 100 valence electrons. The zero-order valence-corrected chi connectivity index (χ0v) is 11.5.